The van der Waals surface area contributed by atoms with Crippen LogP contribution in [0.15, 0.2) is 22.5 Å². The van der Waals surface area contributed by atoms with Crippen LogP contribution >= 0.6 is 0 Å². The van der Waals surface area contributed by atoms with Crippen molar-refractivity contribution in [3.05, 3.63) is 22.5 Å². The maximum atomic E-state index is 12.9. The topological polar surface area (TPSA) is 122 Å². The van der Waals surface area contributed by atoms with Gasteiger partial charge in [0.25, 0.3) is 0 Å². The fraction of sp³-hybridized carbons (Fsp3) is 0.750. The molecule has 0 spiro atoms. The van der Waals surface area contributed by atoms with E-state index in [-0.39, 0.29) is 28.9 Å². The van der Waals surface area contributed by atoms with Crippen LogP contribution in [0.5, 0.6) is 0 Å². The predicted molar refractivity (Wildman–Crippen MR) is 141 cm³/mol. The third kappa shape index (κ3) is 6.55. The van der Waals surface area contributed by atoms with Crippen molar-refractivity contribution in [1.29, 1.82) is 0 Å². The van der Waals surface area contributed by atoms with Crippen LogP contribution in [0.25, 0.3) is 0 Å². The lowest BCUT2D eigenvalue weighted by Gasteiger charge is -2.40. The van der Waals surface area contributed by atoms with Gasteiger partial charge in [-0.15, -0.1) is 0 Å². The molecule has 9 heteroatoms. The number of carboxylic acid groups (broad SMARTS) is 2. The first-order chi connectivity index (χ1) is 17.8. The van der Waals surface area contributed by atoms with E-state index in [0.717, 1.165) is 45.2 Å². The number of nitrogens with zero attached hydrogens (tertiary/aromatic N) is 2. The van der Waals surface area contributed by atoms with E-state index < -0.39 is 17.9 Å². The molecule has 2 aliphatic heterocycles. The molecule has 3 fully saturated rings. The monoisotopic (exact) mass is 516 g/mol. The summed E-state index contributed by atoms with van der Waals surface area (Å²) in [6.45, 7) is 9.46. The van der Waals surface area contributed by atoms with Gasteiger partial charge in [0.1, 0.15) is 0 Å². The number of allylic oxidation sites excluding steroid dienone is 2. The molecule has 0 radical (unpaired) electrons. The van der Waals surface area contributed by atoms with Crippen LogP contribution in [0, 0.1) is 17.8 Å². The standard InChI is InChI=1S/C28H44N4O5/c1-18-23(27(34)35)25(24(28(36)37)19(2)30-18)20-9-10-21(17-20)26(33)29-11-6-12-31-13-15-32(16-14-31)22-7-4-3-5-8-22/h20-22,25,30H,3-17H2,1-2H3,(H,29,33)(H,34,35)(H,36,37)/t20-,21+/m0/s1. The number of hydrogen-bond donors (Lipinski definition) is 4. The van der Waals surface area contributed by atoms with Crippen molar-refractivity contribution in [3.63, 3.8) is 0 Å². The Labute approximate surface area is 220 Å². The highest BCUT2D eigenvalue weighted by atomic mass is 16.4. The van der Waals surface area contributed by atoms with Gasteiger partial charge in [-0.25, -0.2) is 9.59 Å². The average molecular weight is 517 g/mol. The van der Waals surface area contributed by atoms with Gasteiger partial charge < -0.3 is 25.7 Å². The van der Waals surface area contributed by atoms with E-state index in [1.54, 1.807) is 13.8 Å². The second-order valence-electron chi connectivity index (χ2n) is 11.4. The first-order valence-corrected chi connectivity index (χ1v) is 14.2. The van der Waals surface area contributed by atoms with E-state index in [0.29, 0.717) is 37.2 Å². The molecule has 0 aromatic heterocycles. The van der Waals surface area contributed by atoms with Crippen LogP contribution < -0.4 is 10.6 Å². The molecule has 1 saturated heterocycles. The molecule has 0 aromatic carbocycles. The fourth-order valence-electron chi connectivity index (χ4n) is 7.10. The quantitative estimate of drug-likeness (QED) is 0.345. The molecule has 4 N–H and O–H groups in total. The van der Waals surface area contributed by atoms with Crippen LogP contribution in [-0.4, -0.2) is 83.2 Å². The van der Waals surface area contributed by atoms with Crippen molar-refractivity contribution in [3.8, 4) is 0 Å². The minimum Gasteiger partial charge on any atom is -0.478 e. The molecule has 9 nitrogen and oxygen atoms in total. The van der Waals surface area contributed by atoms with Gasteiger partial charge in [-0.2, -0.15) is 0 Å². The molecule has 4 rings (SSSR count). The normalized spacial score (nSPS) is 26.9. The summed E-state index contributed by atoms with van der Waals surface area (Å²) in [6, 6.07) is 0.785. The third-order valence-corrected chi connectivity index (χ3v) is 9.03. The third-order valence-electron chi connectivity index (χ3n) is 9.03. The summed E-state index contributed by atoms with van der Waals surface area (Å²) in [7, 11) is 0. The summed E-state index contributed by atoms with van der Waals surface area (Å²) in [5, 5.41) is 25.7. The Hall–Kier alpha value is -2.39. The summed E-state index contributed by atoms with van der Waals surface area (Å²) >= 11 is 0. The van der Waals surface area contributed by atoms with E-state index in [1.165, 1.54) is 32.1 Å². The van der Waals surface area contributed by atoms with Gasteiger partial charge >= 0.3 is 11.9 Å². The highest BCUT2D eigenvalue weighted by Gasteiger charge is 2.44. The van der Waals surface area contributed by atoms with E-state index in [2.05, 4.69) is 20.4 Å². The summed E-state index contributed by atoms with van der Waals surface area (Å²) in [5.74, 6) is -3.29. The Morgan fingerprint density at radius 1 is 0.892 bits per heavy atom. The number of dihydropyridines is 1. The number of amides is 1. The van der Waals surface area contributed by atoms with Gasteiger partial charge in [-0.1, -0.05) is 19.3 Å². The second kappa shape index (κ2) is 12.4. The molecule has 0 aromatic rings. The number of rotatable bonds is 9. The zero-order chi connectivity index (χ0) is 26.5. The van der Waals surface area contributed by atoms with Crippen molar-refractivity contribution in [1.82, 2.24) is 20.4 Å². The number of piperazine rings is 1. The lowest BCUT2D eigenvalue weighted by molar-refractivity contribution is -0.134. The summed E-state index contributed by atoms with van der Waals surface area (Å²) < 4.78 is 0. The molecule has 0 unspecified atom stereocenters. The Morgan fingerprint density at radius 3 is 2.11 bits per heavy atom. The van der Waals surface area contributed by atoms with Gasteiger partial charge in [0, 0.05) is 62.0 Å². The lowest BCUT2D eigenvalue weighted by atomic mass is 9.75. The van der Waals surface area contributed by atoms with Crippen molar-refractivity contribution < 1.29 is 24.6 Å². The van der Waals surface area contributed by atoms with Crippen molar-refractivity contribution in [2.75, 3.05) is 39.3 Å². The summed E-state index contributed by atoms with van der Waals surface area (Å²) in [5.41, 5.74) is 1.18. The maximum absolute atomic E-state index is 12.9. The van der Waals surface area contributed by atoms with Crippen LogP contribution in [-0.2, 0) is 14.4 Å². The number of hydrogen-bond acceptors (Lipinski definition) is 6. The highest BCUT2D eigenvalue weighted by molar-refractivity contribution is 5.96. The number of nitrogens with one attached hydrogen (secondary N) is 2. The Kier molecular flexibility index (Phi) is 9.29. The molecule has 37 heavy (non-hydrogen) atoms. The molecule has 1 amide bonds. The van der Waals surface area contributed by atoms with Crippen molar-refractivity contribution in [2.45, 2.75) is 77.7 Å². The van der Waals surface area contributed by atoms with Crippen molar-refractivity contribution in [2.24, 2.45) is 17.8 Å². The van der Waals surface area contributed by atoms with Gasteiger partial charge in [0.05, 0.1) is 11.1 Å². The Morgan fingerprint density at radius 2 is 1.51 bits per heavy atom. The first-order valence-electron chi connectivity index (χ1n) is 14.2. The number of carbonyl (C=O) groups is 3. The largest absolute Gasteiger partial charge is 0.478 e. The molecular formula is C28H44N4O5. The van der Waals surface area contributed by atoms with Gasteiger partial charge in [-0.05, 0) is 64.8 Å². The van der Waals surface area contributed by atoms with Crippen molar-refractivity contribution >= 4 is 17.8 Å². The van der Waals surface area contributed by atoms with Crippen LogP contribution in [0.3, 0.4) is 0 Å². The molecule has 206 valence electrons. The first kappa shape index (κ1) is 27.6. The molecule has 2 heterocycles. The van der Waals surface area contributed by atoms with E-state index >= 15 is 0 Å². The van der Waals surface area contributed by atoms with Gasteiger partial charge in [-0.3, -0.25) is 9.69 Å². The molecule has 2 atom stereocenters. The van der Waals surface area contributed by atoms with Crippen LogP contribution in [0.4, 0.5) is 0 Å². The molecule has 2 saturated carbocycles. The van der Waals surface area contributed by atoms with E-state index in [4.69, 9.17) is 0 Å². The van der Waals surface area contributed by atoms with Crippen LogP contribution in [0.2, 0.25) is 0 Å². The molecule has 2 aliphatic carbocycles. The minimum atomic E-state index is -1.10. The molecule has 0 bridgehead atoms. The Balaban J connectivity index is 1.22. The predicted octanol–water partition coefficient (Wildman–Crippen LogP) is 2.80. The zero-order valence-corrected chi connectivity index (χ0v) is 22.4. The maximum Gasteiger partial charge on any atom is 0.333 e. The van der Waals surface area contributed by atoms with E-state index in [9.17, 15) is 24.6 Å². The number of carbonyl (C=O) groups excluding carboxylic acids is 1. The molecular weight excluding hydrogens is 472 g/mol. The smallest absolute Gasteiger partial charge is 0.333 e. The van der Waals surface area contributed by atoms with Gasteiger partial charge in [0.15, 0.2) is 0 Å². The number of carboxylic acids is 2. The summed E-state index contributed by atoms with van der Waals surface area (Å²) in [4.78, 5) is 42.1. The number of aliphatic carboxylic acids is 2. The Bertz CT molecular complexity index is 895. The zero-order valence-electron chi connectivity index (χ0n) is 22.4. The fourth-order valence-corrected chi connectivity index (χ4v) is 7.10. The van der Waals surface area contributed by atoms with Gasteiger partial charge in [0.2, 0.25) is 5.91 Å². The minimum absolute atomic E-state index is 0.00806. The highest BCUT2D eigenvalue weighted by Crippen LogP contribution is 2.45. The van der Waals surface area contributed by atoms with Crippen LogP contribution in [0.1, 0.15) is 71.6 Å². The average Bonchev–Trinajstić information content (AvgIpc) is 3.37. The second-order valence-corrected chi connectivity index (χ2v) is 11.4. The summed E-state index contributed by atoms with van der Waals surface area (Å²) in [6.07, 6.45) is 9.56. The van der Waals surface area contributed by atoms with E-state index in [1.807, 2.05) is 0 Å². The SMILES string of the molecule is CC1=C(C(=O)O)C([C@H]2CC[C@@H](C(=O)NCCCN3CCN(C4CCCCC4)CC3)C2)C(C(=O)O)=C(C)N1. The lowest BCUT2D eigenvalue weighted by Crippen LogP contribution is -2.51. The molecule has 4 aliphatic rings.